The SMILES string of the molecule is CCC.CCC.CCCC(C)C. The largest absolute Gasteiger partial charge is 0.0656 e. The highest BCUT2D eigenvalue weighted by atomic mass is 13.9. The summed E-state index contributed by atoms with van der Waals surface area (Å²) >= 11 is 0. The third kappa shape index (κ3) is 90.0. The zero-order valence-electron chi connectivity index (χ0n) is 10.4. The first-order valence-corrected chi connectivity index (χ1v) is 5.60. The Bertz CT molecular complexity index is 35.3. The molecular weight excluding hydrogens is 144 g/mol. The van der Waals surface area contributed by atoms with Crippen LogP contribution in [0, 0.1) is 5.92 Å². The average Bonchev–Trinajstić information content (AvgIpc) is 1.89. The Hall–Kier alpha value is 0. The number of rotatable bonds is 2. The summed E-state index contributed by atoms with van der Waals surface area (Å²) in [5.74, 6) is 0.898. The highest BCUT2D eigenvalue weighted by Crippen LogP contribution is 2.00. The fraction of sp³-hybridized carbons (Fsp3) is 1.00. The molecule has 12 heavy (non-hydrogen) atoms. The van der Waals surface area contributed by atoms with Crippen LogP contribution in [0.3, 0.4) is 0 Å². The van der Waals surface area contributed by atoms with E-state index in [-0.39, 0.29) is 0 Å². The third-order valence-electron chi connectivity index (χ3n) is 0.866. The van der Waals surface area contributed by atoms with Gasteiger partial charge in [0.25, 0.3) is 0 Å². The Morgan fingerprint density at radius 3 is 1.00 bits per heavy atom. The molecule has 0 N–H and O–H groups in total. The summed E-state index contributed by atoms with van der Waals surface area (Å²) in [5.41, 5.74) is 0. The van der Waals surface area contributed by atoms with Crippen molar-refractivity contribution in [3.8, 4) is 0 Å². The molecule has 0 aliphatic heterocycles. The first-order chi connectivity index (χ1) is 5.60. The van der Waals surface area contributed by atoms with Crippen molar-refractivity contribution in [3.05, 3.63) is 0 Å². The molecule has 0 aliphatic rings. The molecule has 0 fully saturated rings. The molecule has 0 atom stereocenters. The van der Waals surface area contributed by atoms with Crippen LogP contribution in [-0.2, 0) is 0 Å². The summed E-state index contributed by atoms with van der Waals surface area (Å²) in [4.78, 5) is 0. The Morgan fingerprint density at radius 2 is 1.00 bits per heavy atom. The average molecular weight is 174 g/mol. The molecule has 0 bridgehead atoms. The van der Waals surface area contributed by atoms with Gasteiger partial charge in [0.2, 0.25) is 0 Å². The molecule has 0 aromatic carbocycles. The van der Waals surface area contributed by atoms with Gasteiger partial charge in [0.15, 0.2) is 0 Å². The van der Waals surface area contributed by atoms with Crippen molar-refractivity contribution in [2.45, 2.75) is 74.1 Å². The van der Waals surface area contributed by atoms with Crippen molar-refractivity contribution < 1.29 is 0 Å². The van der Waals surface area contributed by atoms with Crippen molar-refractivity contribution in [1.82, 2.24) is 0 Å². The lowest BCUT2D eigenvalue weighted by atomic mass is 10.1. The van der Waals surface area contributed by atoms with E-state index in [9.17, 15) is 0 Å². The maximum Gasteiger partial charge on any atom is -0.0471 e. The Morgan fingerprint density at radius 1 is 0.750 bits per heavy atom. The fourth-order valence-corrected chi connectivity index (χ4v) is 0.577. The van der Waals surface area contributed by atoms with Gasteiger partial charge in [-0.15, -0.1) is 0 Å². The zero-order valence-corrected chi connectivity index (χ0v) is 10.4. The molecule has 0 spiro atoms. The van der Waals surface area contributed by atoms with Crippen molar-refractivity contribution in [3.63, 3.8) is 0 Å². The van der Waals surface area contributed by atoms with Gasteiger partial charge in [-0.25, -0.2) is 0 Å². The third-order valence-corrected chi connectivity index (χ3v) is 0.866. The molecule has 0 aromatic heterocycles. The molecule has 0 heteroatoms. The summed E-state index contributed by atoms with van der Waals surface area (Å²) in [6.45, 7) is 15.2. The molecule has 0 amide bonds. The molecule has 0 saturated heterocycles. The molecule has 0 unspecified atom stereocenters. The Balaban J connectivity index is -0.000000115. The minimum Gasteiger partial charge on any atom is -0.0656 e. The van der Waals surface area contributed by atoms with Crippen molar-refractivity contribution in [2.24, 2.45) is 5.92 Å². The smallest absolute Gasteiger partial charge is 0.0471 e. The van der Waals surface area contributed by atoms with Crippen LogP contribution in [0.5, 0.6) is 0 Å². The highest BCUT2D eigenvalue weighted by Gasteiger charge is 1.85. The summed E-state index contributed by atoms with van der Waals surface area (Å²) in [5, 5.41) is 0. The van der Waals surface area contributed by atoms with Gasteiger partial charge in [0.1, 0.15) is 0 Å². The summed E-state index contributed by atoms with van der Waals surface area (Å²) in [6.07, 6.45) is 5.21. The highest BCUT2D eigenvalue weighted by molar-refractivity contribution is 4.38. The molecule has 0 nitrogen and oxygen atoms in total. The lowest BCUT2D eigenvalue weighted by Crippen LogP contribution is -1.81. The monoisotopic (exact) mass is 174 g/mol. The van der Waals surface area contributed by atoms with E-state index in [1.54, 1.807) is 0 Å². The molecule has 78 valence electrons. The summed E-state index contributed by atoms with van der Waals surface area (Å²) < 4.78 is 0. The number of hydrogen-bond donors (Lipinski definition) is 0. The van der Waals surface area contributed by atoms with Crippen molar-refractivity contribution in [2.75, 3.05) is 0 Å². The minimum absolute atomic E-state index is 0.898. The van der Waals surface area contributed by atoms with Gasteiger partial charge in [-0.05, 0) is 5.92 Å². The van der Waals surface area contributed by atoms with E-state index < -0.39 is 0 Å². The predicted molar refractivity (Wildman–Crippen MR) is 61.7 cm³/mol. The topological polar surface area (TPSA) is 0 Å². The van der Waals surface area contributed by atoms with E-state index in [0.717, 1.165) is 5.92 Å². The standard InChI is InChI=1S/C6H14.2C3H8/c1-4-5-6(2)3;2*1-3-2/h6H,4-5H2,1-3H3;2*3H2,1-2H3. The van der Waals surface area contributed by atoms with E-state index in [1.165, 1.54) is 25.7 Å². The van der Waals surface area contributed by atoms with Crippen molar-refractivity contribution >= 4 is 0 Å². The first-order valence-electron chi connectivity index (χ1n) is 5.60. The van der Waals surface area contributed by atoms with Gasteiger partial charge in [-0.1, -0.05) is 74.1 Å². The second-order valence-electron chi connectivity index (χ2n) is 3.60. The van der Waals surface area contributed by atoms with E-state index in [1.807, 2.05) is 0 Å². The van der Waals surface area contributed by atoms with Crippen LogP contribution in [0.25, 0.3) is 0 Å². The van der Waals surface area contributed by atoms with Crippen LogP contribution in [0.1, 0.15) is 74.1 Å². The molecule has 0 radical (unpaired) electrons. The predicted octanol–water partition coefficient (Wildman–Crippen LogP) is 5.28. The maximum atomic E-state index is 2.25. The van der Waals surface area contributed by atoms with Crippen LogP contribution in [0.15, 0.2) is 0 Å². The first kappa shape index (κ1) is 17.9. The molecule has 0 heterocycles. The lowest BCUT2D eigenvalue weighted by Gasteiger charge is -1.95. The van der Waals surface area contributed by atoms with Gasteiger partial charge in [-0.2, -0.15) is 0 Å². The van der Waals surface area contributed by atoms with Crippen LogP contribution in [-0.4, -0.2) is 0 Å². The van der Waals surface area contributed by atoms with Crippen molar-refractivity contribution in [1.29, 1.82) is 0 Å². The minimum atomic E-state index is 0.898. The lowest BCUT2D eigenvalue weighted by molar-refractivity contribution is 0.576. The second-order valence-corrected chi connectivity index (χ2v) is 3.60. The van der Waals surface area contributed by atoms with E-state index in [0.29, 0.717) is 0 Å². The van der Waals surface area contributed by atoms with Crippen LogP contribution >= 0.6 is 0 Å². The molecule has 0 rings (SSSR count). The summed E-state index contributed by atoms with van der Waals surface area (Å²) in [6, 6.07) is 0. The molecule has 0 saturated carbocycles. The van der Waals surface area contributed by atoms with Crippen LogP contribution in [0.2, 0.25) is 0 Å². The van der Waals surface area contributed by atoms with Gasteiger partial charge < -0.3 is 0 Å². The van der Waals surface area contributed by atoms with E-state index >= 15 is 0 Å². The quantitative estimate of drug-likeness (QED) is 0.534. The molecular formula is C12H30. The van der Waals surface area contributed by atoms with E-state index in [2.05, 4.69) is 48.5 Å². The Kier molecular flexibility index (Phi) is 33.5. The second kappa shape index (κ2) is 22.4. The van der Waals surface area contributed by atoms with Gasteiger partial charge in [-0.3, -0.25) is 0 Å². The van der Waals surface area contributed by atoms with Gasteiger partial charge in [0, 0.05) is 0 Å². The summed E-state index contributed by atoms with van der Waals surface area (Å²) in [7, 11) is 0. The zero-order chi connectivity index (χ0) is 10.4. The normalized spacial score (nSPS) is 8.00. The van der Waals surface area contributed by atoms with Crippen LogP contribution < -0.4 is 0 Å². The van der Waals surface area contributed by atoms with Gasteiger partial charge in [0.05, 0.1) is 0 Å². The van der Waals surface area contributed by atoms with Crippen LogP contribution in [0.4, 0.5) is 0 Å². The molecule has 0 aromatic rings. The van der Waals surface area contributed by atoms with Gasteiger partial charge >= 0.3 is 0 Å². The molecule has 0 aliphatic carbocycles. The number of hydrogen-bond acceptors (Lipinski definition) is 0. The Labute approximate surface area is 80.8 Å². The van der Waals surface area contributed by atoms with E-state index in [4.69, 9.17) is 0 Å². The fourth-order valence-electron chi connectivity index (χ4n) is 0.577. The maximum absolute atomic E-state index is 2.25.